The van der Waals surface area contributed by atoms with Crippen molar-refractivity contribution in [2.45, 2.75) is 12.3 Å². The summed E-state index contributed by atoms with van der Waals surface area (Å²) >= 11 is 1.78. The van der Waals surface area contributed by atoms with Gasteiger partial charge in [-0.3, -0.25) is 0 Å². The molecule has 1 rings (SSSR count). The molecule has 0 aromatic heterocycles. The summed E-state index contributed by atoms with van der Waals surface area (Å²) in [5.74, 6) is 0.978. The average molecular weight is 268 g/mol. The normalized spacial score (nSPS) is 10.2. The van der Waals surface area contributed by atoms with Crippen molar-refractivity contribution in [1.29, 1.82) is 0 Å². The number of rotatable bonds is 6. The number of nitrogens with one attached hydrogen (secondary N) is 1. The number of nitrogens with zero attached hydrogens (tertiary/aromatic N) is 1. The molecule has 2 amide bonds. The summed E-state index contributed by atoms with van der Waals surface area (Å²) in [6.07, 6.45) is 2.07. The van der Waals surface area contributed by atoms with E-state index in [-0.39, 0.29) is 12.6 Å². The zero-order chi connectivity index (χ0) is 13.4. The molecule has 0 heterocycles. The van der Waals surface area contributed by atoms with E-state index >= 15 is 0 Å². The van der Waals surface area contributed by atoms with Crippen molar-refractivity contribution in [3.05, 3.63) is 35.4 Å². The molecule has 2 N–H and O–H groups in total. The molecule has 18 heavy (non-hydrogen) atoms. The summed E-state index contributed by atoms with van der Waals surface area (Å²) in [5, 5.41) is 11.6. The van der Waals surface area contributed by atoms with Gasteiger partial charge >= 0.3 is 6.03 Å². The van der Waals surface area contributed by atoms with E-state index in [4.69, 9.17) is 5.11 Å². The summed E-state index contributed by atoms with van der Waals surface area (Å²) in [5.41, 5.74) is 2.35. The number of aliphatic hydroxyl groups excluding tert-OH is 1. The van der Waals surface area contributed by atoms with Gasteiger partial charge in [0.2, 0.25) is 0 Å². The molecular weight excluding hydrogens is 248 g/mol. The fraction of sp³-hybridized carbons (Fsp3) is 0.462. The predicted octanol–water partition coefficient (Wildman–Crippen LogP) is 1.68. The quantitative estimate of drug-likeness (QED) is 0.825. The van der Waals surface area contributed by atoms with Crippen LogP contribution < -0.4 is 5.32 Å². The first-order valence-electron chi connectivity index (χ1n) is 5.84. The van der Waals surface area contributed by atoms with E-state index in [1.165, 1.54) is 10.5 Å². The number of aliphatic hydroxyl groups is 1. The smallest absolute Gasteiger partial charge is 0.317 e. The maximum atomic E-state index is 11.6. The lowest BCUT2D eigenvalue weighted by molar-refractivity contribution is 0.190. The van der Waals surface area contributed by atoms with Gasteiger partial charge in [0.25, 0.3) is 0 Å². The topological polar surface area (TPSA) is 52.6 Å². The number of urea groups is 1. The molecule has 0 aliphatic heterocycles. The zero-order valence-corrected chi connectivity index (χ0v) is 11.7. The monoisotopic (exact) mass is 268 g/mol. The van der Waals surface area contributed by atoms with E-state index < -0.39 is 0 Å². The van der Waals surface area contributed by atoms with Gasteiger partial charge in [-0.1, -0.05) is 24.3 Å². The Morgan fingerprint density at radius 2 is 2.17 bits per heavy atom. The fourth-order valence-corrected chi connectivity index (χ4v) is 2.07. The van der Waals surface area contributed by atoms with Gasteiger partial charge in [0.15, 0.2) is 0 Å². The van der Waals surface area contributed by atoms with E-state index in [9.17, 15) is 4.79 Å². The van der Waals surface area contributed by atoms with E-state index in [1.807, 2.05) is 12.1 Å². The molecule has 0 saturated carbocycles. The highest BCUT2D eigenvalue weighted by Gasteiger charge is 2.06. The maximum absolute atomic E-state index is 11.6. The molecule has 0 fully saturated rings. The molecule has 1 aromatic rings. The van der Waals surface area contributed by atoms with Gasteiger partial charge in [-0.25, -0.2) is 4.79 Å². The number of thioether (sulfide) groups is 1. The van der Waals surface area contributed by atoms with Crippen LogP contribution in [-0.4, -0.2) is 42.5 Å². The molecule has 100 valence electrons. The Labute approximate surface area is 112 Å². The first-order chi connectivity index (χ1) is 8.67. The summed E-state index contributed by atoms with van der Waals surface area (Å²) in [4.78, 5) is 13.1. The van der Waals surface area contributed by atoms with Crippen molar-refractivity contribution in [3.63, 3.8) is 0 Å². The molecule has 0 radical (unpaired) electrons. The number of benzene rings is 1. The minimum Gasteiger partial charge on any atom is -0.395 e. The third-order valence-corrected chi connectivity index (χ3v) is 3.15. The second kappa shape index (κ2) is 8.00. The van der Waals surface area contributed by atoms with Crippen molar-refractivity contribution in [2.24, 2.45) is 0 Å². The lowest BCUT2D eigenvalue weighted by atomic mass is 10.1. The van der Waals surface area contributed by atoms with Crippen LogP contribution >= 0.6 is 11.8 Å². The first-order valence-corrected chi connectivity index (χ1v) is 7.23. The Morgan fingerprint density at radius 3 is 2.83 bits per heavy atom. The van der Waals surface area contributed by atoms with E-state index in [0.717, 1.165) is 11.3 Å². The van der Waals surface area contributed by atoms with Gasteiger partial charge in [-0.2, -0.15) is 11.8 Å². The zero-order valence-electron chi connectivity index (χ0n) is 10.8. The molecular formula is C13H20N2O2S. The second-order valence-corrected chi connectivity index (χ2v) is 4.92. The van der Waals surface area contributed by atoms with Crippen LogP contribution in [-0.2, 0) is 12.3 Å². The lowest BCUT2D eigenvalue weighted by Crippen LogP contribution is -2.38. The summed E-state index contributed by atoms with van der Waals surface area (Å²) in [6.45, 7) is 0.836. The second-order valence-electron chi connectivity index (χ2n) is 4.06. The molecule has 0 bridgehead atoms. The van der Waals surface area contributed by atoms with Gasteiger partial charge in [0.05, 0.1) is 6.61 Å². The van der Waals surface area contributed by atoms with Crippen LogP contribution in [0.3, 0.4) is 0 Å². The largest absolute Gasteiger partial charge is 0.395 e. The van der Waals surface area contributed by atoms with Crippen LogP contribution in [0.1, 0.15) is 11.1 Å². The van der Waals surface area contributed by atoms with Gasteiger partial charge in [0, 0.05) is 25.9 Å². The molecule has 4 nitrogen and oxygen atoms in total. The van der Waals surface area contributed by atoms with E-state index in [0.29, 0.717) is 13.1 Å². The van der Waals surface area contributed by atoms with Crippen LogP contribution in [0, 0.1) is 0 Å². The van der Waals surface area contributed by atoms with Gasteiger partial charge in [0.1, 0.15) is 0 Å². The lowest BCUT2D eigenvalue weighted by Gasteiger charge is -2.16. The molecule has 0 spiro atoms. The van der Waals surface area contributed by atoms with E-state index in [1.54, 1.807) is 18.8 Å². The van der Waals surface area contributed by atoms with Crippen LogP contribution in [0.5, 0.6) is 0 Å². The summed E-state index contributed by atoms with van der Waals surface area (Å²) in [7, 11) is 1.66. The fourth-order valence-electron chi connectivity index (χ4n) is 1.56. The number of carbonyl (C=O) groups excluding carboxylic acids is 1. The molecule has 0 aliphatic carbocycles. The summed E-state index contributed by atoms with van der Waals surface area (Å²) < 4.78 is 0. The molecule has 0 saturated heterocycles. The average Bonchev–Trinajstić information content (AvgIpc) is 2.37. The molecule has 0 unspecified atom stereocenters. The number of hydrogen-bond donors (Lipinski definition) is 2. The third-order valence-electron chi connectivity index (χ3n) is 2.53. The van der Waals surface area contributed by atoms with E-state index in [2.05, 4.69) is 23.7 Å². The Bertz CT molecular complexity index is 385. The van der Waals surface area contributed by atoms with Crippen LogP contribution in [0.25, 0.3) is 0 Å². The Balaban J connectivity index is 2.47. The molecule has 1 aromatic carbocycles. The Morgan fingerprint density at radius 1 is 1.44 bits per heavy atom. The van der Waals surface area contributed by atoms with Crippen molar-refractivity contribution in [1.82, 2.24) is 10.2 Å². The number of likely N-dealkylation sites (N-methyl/N-ethyl adjacent to an activating group) is 1. The third kappa shape index (κ3) is 4.98. The van der Waals surface area contributed by atoms with Crippen LogP contribution in [0.4, 0.5) is 4.79 Å². The van der Waals surface area contributed by atoms with Crippen molar-refractivity contribution >= 4 is 17.8 Å². The Hall–Kier alpha value is -1.20. The standard InChI is InChI=1S/C13H20N2O2S/c1-15(6-7-16)13(17)14-9-11-4-3-5-12(8-11)10-18-2/h3-5,8,16H,6-7,9-10H2,1-2H3,(H,14,17). The number of carbonyl (C=O) groups is 1. The molecule has 0 atom stereocenters. The highest BCUT2D eigenvalue weighted by Crippen LogP contribution is 2.11. The maximum Gasteiger partial charge on any atom is 0.317 e. The minimum absolute atomic E-state index is 0.0207. The van der Waals surface area contributed by atoms with Gasteiger partial charge in [-0.05, 0) is 17.4 Å². The van der Waals surface area contributed by atoms with Crippen LogP contribution in [0.2, 0.25) is 0 Å². The molecule has 5 heteroatoms. The SMILES string of the molecule is CSCc1cccc(CNC(=O)N(C)CCO)c1. The van der Waals surface area contributed by atoms with Gasteiger partial charge < -0.3 is 15.3 Å². The number of amides is 2. The Kier molecular flexibility index (Phi) is 6.60. The van der Waals surface area contributed by atoms with Crippen LogP contribution in [0.15, 0.2) is 24.3 Å². The predicted molar refractivity (Wildman–Crippen MR) is 75.6 cm³/mol. The highest BCUT2D eigenvalue weighted by molar-refractivity contribution is 7.97. The van der Waals surface area contributed by atoms with Crippen molar-refractivity contribution in [2.75, 3.05) is 26.5 Å². The number of hydrogen-bond acceptors (Lipinski definition) is 3. The minimum atomic E-state index is -0.167. The first kappa shape index (κ1) is 14.9. The highest BCUT2D eigenvalue weighted by atomic mass is 32.2. The molecule has 0 aliphatic rings. The van der Waals surface area contributed by atoms with Crippen molar-refractivity contribution in [3.8, 4) is 0 Å². The van der Waals surface area contributed by atoms with Gasteiger partial charge in [-0.15, -0.1) is 0 Å². The summed E-state index contributed by atoms with van der Waals surface area (Å²) in [6, 6.07) is 8.02. The van der Waals surface area contributed by atoms with Crippen molar-refractivity contribution < 1.29 is 9.90 Å².